The molecule has 0 atom stereocenters. The summed E-state index contributed by atoms with van der Waals surface area (Å²) in [5.41, 5.74) is 2.98. The van der Waals surface area contributed by atoms with E-state index >= 15 is 0 Å². The fraction of sp³-hybridized carbons (Fsp3) is 0.238. The molecule has 134 valence electrons. The topological polar surface area (TPSA) is 49.4 Å². The Morgan fingerprint density at radius 1 is 1.08 bits per heavy atom. The van der Waals surface area contributed by atoms with Crippen molar-refractivity contribution in [3.05, 3.63) is 70.3 Å². The van der Waals surface area contributed by atoms with Crippen LogP contribution < -0.4 is 5.32 Å². The van der Waals surface area contributed by atoms with Crippen LogP contribution in [0.2, 0.25) is 5.02 Å². The van der Waals surface area contributed by atoms with Crippen molar-refractivity contribution in [3.8, 4) is 0 Å². The number of amides is 2. The normalized spacial score (nSPS) is 14.0. The first kappa shape index (κ1) is 18.2. The van der Waals surface area contributed by atoms with Gasteiger partial charge in [0.05, 0.1) is 0 Å². The second-order valence-corrected chi connectivity index (χ2v) is 6.79. The van der Waals surface area contributed by atoms with E-state index in [-0.39, 0.29) is 11.8 Å². The molecule has 1 saturated heterocycles. The molecular weight excluding hydrogens is 348 g/mol. The lowest BCUT2D eigenvalue weighted by Crippen LogP contribution is -2.28. The number of rotatable bonds is 4. The molecule has 0 aliphatic carbocycles. The number of likely N-dealkylation sites (tertiary alicyclic amines) is 1. The Morgan fingerprint density at radius 3 is 2.46 bits per heavy atom. The smallest absolute Gasteiger partial charge is 0.254 e. The molecule has 2 amide bonds. The Kier molecular flexibility index (Phi) is 5.74. The molecule has 2 aromatic carbocycles. The van der Waals surface area contributed by atoms with Gasteiger partial charge >= 0.3 is 0 Å². The molecule has 0 saturated carbocycles. The molecule has 1 fully saturated rings. The highest BCUT2D eigenvalue weighted by atomic mass is 35.5. The van der Waals surface area contributed by atoms with Gasteiger partial charge < -0.3 is 10.2 Å². The highest BCUT2D eigenvalue weighted by Crippen LogP contribution is 2.22. The van der Waals surface area contributed by atoms with Gasteiger partial charge in [-0.2, -0.15) is 0 Å². The van der Waals surface area contributed by atoms with E-state index < -0.39 is 0 Å². The van der Waals surface area contributed by atoms with Crippen LogP contribution in [-0.4, -0.2) is 29.8 Å². The molecule has 2 aromatic rings. The van der Waals surface area contributed by atoms with Gasteiger partial charge in [0.25, 0.3) is 5.91 Å². The van der Waals surface area contributed by atoms with Gasteiger partial charge in [0.2, 0.25) is 5.91 Å². The Labute approximate surface area is 158 Å². The first-order chi connectivity index (χ1) is 12.5. The van der Waals surface area contributed by atoms with Gasteiger partial charge in [-0.25, -0.2) is 0 Å². The van der Waals surface area contributed by atoms with Crippen molar-refractivity contribution in [2.75, 3.05) is 18.4 Å². The number of hydrogen-bond donors (Lipinski definition) is 1. The maximum Gasteiger partial charge on any atom is 0.254 e. The standard InChI is InChI=1S/C21H21ClN2O2/c1-15-18(21(26)24-13-2-3-14-24)5-4-6-19(15)23-20(25)12-9-16-7-10-17(22)11-8-16/h4-12H,2-3,13-14H2,1H3,(H,23,25)/b12-9+. The van der Waals surface area contributed by atoms with E-state index in [0.717, 1.165) is 37.1 Å². The van der Waals surface area contributed by atoms with Crippen molar-refractivity contribution < 1.29 is 9.59 Å². The van der Waals surface area contributed by atoms with Crippen LogP contribution in [0.3, 0.4) is 0 Å². The summed E-state index contributed by atoms with van der Waals surface area (Å²) in [6, 6.07) is 12.7. The lowest BCUT2D eigenvalue weighted by Gasteiger charge is -2.18. The van der Waals surface area contributed by atoms with E-state index in [1.165, 1.54) is 6.08 Å². The van der Waals surface area contributed by atoms with Gasteiger partial charge in [-0.05, 0) is 61.2 Å². The number of benzene rings is 2. The van der Waals surface area contributed by atoms with Gasteiger partial charge in [0.1, 0.15) is 0 Å². The third kappa shape index (κ3) is 4.33. The lowest BCUT2D eigenvalue weighted by molar-refractivity contribution is -0.111. The summed E-state index contributed by atoms with van der Waals surface area (Å²) in [4.78, 5) is 26.7. The number of hydrogen-bond acceptors (Lipinski definition) is 2. The summed E-state index contributed by atoms with van der Waals surface area (Å²) in [6.07, 6.45) is 5.30. The summed E-state index contributed by atoms with van der Waals surface area (Å²) >= 11 is 5.85. The van der Waals surface area contributed by atoms with Crippen molar-refractivity contribution in [1.82, 2.24) is 4.90 Å². The van der Waals surface area contributed by atoms with Crippen LogP contribution >= 0.6 is 11.6 Å². The van der Waals surface area contributed by atoms with Gasteiger partial charge in [0.15, 0.2) is 0 Å². The molecule has 1 N–H and O–H groups in total. The quantitative estimate of drug-likeness (QED) is 0.805. The molecule has 1 heterocycles. The molecule has 0 spiro atoms. The number of carbonyl (C=O) groups is 2. The predicted octanol–water partition coefficient (Wildman–Crippen LogP) is 4.54. The minimum absolute atomic E-state index is 0.0350. The highest BCUT2D eigenvalue weighted by molar-refractivity contribution is 6.30. The second kappa shape index (κ2) is 8.19. The molecule has 1 aliphatic heterocycles. The van der Waals surface area contributed by atoms with Gasteiger partial charge in [-0.3, -0.25) is 9.59 Å². The Hall–Kier alpha value is -2.59. The molecule has 0 unspecified atom stereocenters. The molecule has 26 heavy (non-hydrogen) atoms. The van der Waals surface area contributed by atoms with Crippen LogP contribution in [0.5, 0.6) is 0 Å². The van der Waals surface area contributed by atoms with E-state index in [2.05, 4.69) is 5.32 Å². The van der Waals surface area contributed by atoms with Gasteiger partial charge in [-0.15, -0.1) is 0 Å². The Bertz CT molecular complexity index is 838. The van der Waals surface area contributed by atoms with E-state index in [4.69, 9.17) is 11.6 Å². The zero-order valence-corrected chi connectivity index (χ0v) is 15.4. The molecule has 0 bridgehead atoms. The fourth-order valence-electron chi connectivity index (χ4n) is 3.01. The van der Waals surface area contributed by atoms with Crippen molar-refractivity contribution in [2.24, 2.45) is 0 Å². The first-order valence-corrected chi connectivity index (χ1v) is 9.06. The van der Waals surface area contributed by atoms with E-state index in [0.29, 0.717) is 16.3 Å². The number of nitrogens with zero attached hydrogens (tertiary/aromatic N) is 1. The summed E-state index contributed by atoms with van der Waals surface area (Å²) in [6.45, 7) is 3.47. The number of halogens is 1. The Balaban J connectivity index is 1.71. The van der Waals surface area contributed by atoms with Crippen molar-refractivity contribution in [2.45, 2.75) is 19.8 Å². The van der Waals surface area contributed by atoms with Gasteiger partial charge in [0, 0.05) is 35.4 Å². The second-order valence-electron chi connectivity index (χ2n) is 6.35. The van der Waals surface area contributed by atoms with Crippen LogP contribution in [0.1, 0.15) is 34.3 Å². The monoisotopic (exact) mass is 368 g/mol. The lowest BCUT2D eigenvalue weighted by atomic mass is 10.1. The van der Waals surface area contributed by atoms with Crippen molar-refractivity contribution in [3.63, 3.8) is 0 Å². The minimum Gasteiger partial charge on any atom is -0.339 e. The van der Waals surface area contributed by atoms with Gasteiger partial charge in [-0.1, -0.05) is 29.8 Å². The third-order valence-electron chi connectivity index (χ3n) is 4.51. The van der Waals surface area contributed by atoms with Crippen molar-refractivity contribution in [1.29, 1.82) is 0 Å². The zero-order valence-electron chi connectivity index (χ0n) is 14.7. The SMILES string of the molecule is Cc1c(NC(=O)/C=C/c2ccc(Cl)cc2)cccc1C(=O)N1CCCC1. The maximum absolute atomic E-state index is 12.6. The molecule has 5 heteroatoms. The predicted molar refractivity (Wildman–Crippen MR) is 105 cm³/mol. The van der Waals surface area contributed by atoms with Crippen LogP contribution in [0, 0.1) is 6.92 Å². The average Bonchev–Trinajstić information content (AvgIpc) is 3.17. The van der Waals surface area contributed by atoms with Crippen LogP contribution in [0.15, 0.2) is 48.5 Å². The average molecular weight is 369 g/mol. The largest absolute Gasteiger partial charge is 0.339 e. The van der Waals surface area contributed by atoms with Crippen molar-refractivity contribution >= 4 is 35.2 Å². The summed E-state index contributed by atoms with van der Waals surface area (Å²) < 4.78 is 0. The number of anilines is 1. The minimum atomic E-state index is -0.242. The van der Waals surface area contributed by atoms with Crippen LogP contribution in [-0.2, 0) is 4.79 Å². The Morgan fingerprint density at radius 2 is 1.77 bits per heavy atom. The van der Waals surface area contributed by atoms with E-state index in [1.807, 2.05) is 36.1 Å². The highest BCUT2D eigenvalue weighted by Gasteiger charge is 2.21. The molecule has 3 rings (SSSR count). The van der Waals surface area contributed by atoms with E-state index in [1.54, 1.807) is 24.3 Å². The first-order valence-electron chi connectivity index (χ1n) is 8.68. The molecule has 0 aromatic heterocycles. The summed E-state index contributed by atoms with van der Waals surface area (Å²) in [5.74, 6) is -0.207. The zero-order chi connectivity index (χ0) is 18.5. The maximum atomic E-state index is 12.6. The third-order valence-corrected chi connectivity index (χ3v) is 4.76. The summed E-state index contributed by atoms with van der Waals surface area (Å²) in [7, 11) is 0. The fourth-order valence-corrected chi connectivity index (χ4v) is 3.14. The van der Waals surface area contributed by atoms with Crippen LogP contribution in [0.25, 0.3) is 6.08 Å². The van der Waals surface area contributed by atoms with E-state index in [9.17, 15) is 9.59 Å². The number of nitrogens with one attached hydrogen (secondary N) is 1. The number of carbonyl (C=O) groups excluding carboxylic acids is 2. The molecular formula is C21H21ClN2O2. The summed E-state index contributed by atoms with van der Waals surface area (Å²) in [5, 5.41) is 3.51. The molecule has 0 radical (unpaired) electrons. The molecule has 1 aliphatic rings. The van der Waals surface area contributed by atoms with Crippen LogP contribution in [0.4, 0.5) is 5.69 Å². The molecule has 4 nitrogen and oxygen atoms in total.